The maximum Gasteiger partial charge on any atom is 0.253 e. The van der Waals surface area contributed by atoms with Crippen molar-refractivity contribution in [3.05, 3.63) is 21.9 Å². The summed E-state index contributed by atoms with van der Waals surface area (Å²) in [5, 5.41) is 6.87. The van der Waals surface area contributed by atoms with Crippen molar-refractivity contribution >= 4 is 29.1 Å². The molecule has 0 radical (unpaired) electrons. The number of carbonyl (C=O) groups excluding carboxylic acids is 3. The Hall–Kier alpha value is -1.69. The van der Waals surface area contributed by atoms with Gasteiger partial charge in [-0.05, 0) is 36.6 Å². The molecule has 6 heteroatoms. The molecule has 100 valence electrons. The zero-order valence-electron chi connectivity index (χ0n) is 10.3. The molecule has 2 heterocycles. The van der Waals surface area contributed by atoms with Gasteiger partial charge in [0.2, 0.25) is 11.8 Å². The van der Waals surface area contributed by atoms with Crippen LogP contribution >= 0.6 is 11.3 Å². The average molecular weight is 278 g/mol. The Bertz CT molecular complexity index is 548. The molecule has 0 bridgehead atoms. The van der Waals surface area contributed by atoms with E-state index in [-0.39, 0.29) is 18.2 Å². The Labute approximate surface area is 114 Å². The van der Waals surface area contributed by atoms with E-state index in [1.807, 2.05) is 5.38 Å². The molecule has 2 N–H and O–H groups in total. The number of rotatable bonds is 3. The van der Waals surface area contributed by atoms with Gasteiger partial charge in [-0.1, -0.05) is 0 Å². The summed E-state index contributed by atoms with van der Waals surface area (Å²) in [4.78, 5) is 35.9. The highest BCUT2D eigenvalue weighted by atomic mass is 32.1. The second-order valence-corrected chi connectivity index (χ2v) is 5.90. The highest BCUT2D eigenvalue weighted by Crippen LogP contribution is 2.44. The Balaban J connectivity index is 1.69. The summed E-state index contributed by atoms with van der Waals surface area (Å²) in [6.07, 6.45) is 2.92. The van der Waals surface area contributed by atoms with Crippen LogP contribution in [0.1, 0.15) is 46.8 Å². The molecular formula is C13H14N2O3S. The van der Waals surface area contributed by atoms with Crippen molar-refractivity contribution in [3.8, 4) is 0 Å². The van der Waals surface area contributed by atoms with Gasteiger partial charge in [-0.2, -0.15) is 0 Å². The van der Waals surface area contributed by atoms with Crippen LogP contribution in [0.5, 0.6) is 0 Å². The number of carbonyl (C=O) groups is 3. The lowest BCUT2D eigenvalue weighted by molar-refractivity contribution is -0.134. The quantitative estimate of drug-likeness (QED) is 0.815. The van der Waals surface area contributed by atoms with Crippen molar-refractivity contribution in [2.24, 2.45) is 0 Å². The number of nitrogens with one attached hydrogen (secondary N) is 2. The Kier molecular flexibility index (Phi) is 3.10. The number of hydrogen-bond donors (Lipinski definition) is 2. The lowest BCUT2D eigenvalue weighted by Crippen LogP contribution is -2.52. The third-order valence-electron chi connectivity index (χ3n) is 3.43. The Morgan fingerprint density at radius 3 is 2.79 bits per heavy atom. The van der Waals surface area contributed by atoms with Crippen LogP contribution in [0, 0.1) is 0 Å². The van der Waals surface area contributed by atoms with Crippen LogP contribution in [0.2, 0.25) is 0 Å². The van der Waals surface area contributed by atoms with Gasteiger partial charge in [-0.15, -0.1) is 11.3 Å². The minimum Gasteiger partial charge on any atom is -0.340 e. The van der Waals surface area contributed by atoms with E-state index in [1.165, 1.54) is 0 Å². The van der Waals surface area contributed by atoms with Gasteiger partial charge >= 0.3 is 0 Å². The molecule has 1 aromatic heterocycles. The van der Waals surface area contributed by atoms with E-state index < -0.39 is 11.9 Å². The average Bonchev–Trinajstić information content (AvgIpc) is 3.10. The minimum atomic E-state index is -0.600. The molecule has 3 amide bonds. The first kappa shape index (κ1) is 12.3. The molecule has 1 atom stereocenters. The molecule has 1 unspecified atom stereocenters. The van der Waals surface area contributed by atoms with Crippen LogP contribution in [0.25, 0.3) is 0 Å². The van der Waals surface area contributed by atoms with Crippen LogP contribution in [-0.4, -0.2) is 23.8 Å². The van der Waals surface area contributed by atoms with Crippen molar-refractivity contribution in [2.45, 2.75) is 37.6 Å². The number of amides is 3. The van der Waals surface area contributed by atoms with Gasteiger partial charge in [0.1, 0.15) is 6.04 Å². The fourth-order valence-corrected chi connectivity index (χ4v) is 3.30. The van der Waals surface area contributed by atoms with Crippen molar-refractivity contribution in [1.29, 1.82) is 0 Å². The predicted molar refractivity (Wildman–Crippen MR) is 69.9 cm³/mol. The summed E-state index contributed by atoms with van der Waals surface area (Å²) in [5.41, 5.74) is 0.678. The van der Waals surface area contributed by atoms with E-state index in [4.69, 9.17) is 0 Å². The van der Waals surface area contributed by atoms with Crippen LogP contribution in [0.4, 0.5) is 0 Å². The number of imide groups is 1. The summed E-state index contributed by atoms with van der Waals surface area (Å²) in [7, 11) is 0. The first-order chi connectivity index (χ1) is 9.15. The van der Waals surface area contributed by atoms with E-state index in [9.17, 15) is 14.4 Å². The smallest absolute Gasteiger partial charge is 0.253 e. The maximum atomic E-state index is 12.2. The topological polar surface area (TPSA) is 75.3 Å². The standard InChI is InChI=1S/C13H14N2O3S/c16-10-4-3-9(13(18)15-10)14-12(17)8-5-6-19-11(8)7-1-2-7/h5-7,9H,1-4H2,(H,14,17)(H,15,16,18). The first-order valence-corrected chi connectivity index (χ1v) is 7.25. The zero-order valence-corrected chi connectivity index (χ0v) is 11.1. The van der Waals surface area contributed by atoms with E-state index >= 15 is 0 Å². The fourth-order valence-electron chi connectivity index (χ4n) is 2.24. The monoisotopic (exact) mass is 278 g/mol. The second kappa shape index (κ2) is 4.77. The van der Waals surface area contributed by atoms with E-state index in [2.05, 4.69) is 10.6 Å². The summed E-state index contributed by atoms with van der Waals surface area (Å²) in [5.74, 6) is -0.377. The molecule has 0 aromatic carbocycles. The lowest BCUT2D eigenvalue weighted by atomic mass is 10.1. The van der Waals surface area contributed by atoms with Crippen LogP contribution < -0.4 is 10.6 Å². The predicted octanol–water partition coefficient (Wildman–Crippen LogP) is 1.16. The van der Waals surface area contributed by atoms with Crippen LogP contribution in [0.15, 0.2) is 11.4 Å². The van der Waals surface area contributed by atoms with Gasteiger partial charge < -0.3 is 5.32 Å². The molecule has 1 saturated carbocycles. The Morgan fingerprint density at radius 1 is 1.32 bits per heavy atom. The maximum absolute atomic E-state index is 12.2. The summed E-state index contributed by atoms with van der Waals surface area (Å²) in [6, 6.07) is 1.21. The normalized spacial score (nSPS) is 23.1. The van der Waals surface area contributed by atoms with Crippen molar-refractivity contribution < 1.29 is 14.4 Å². The van der Waals surface area contributed by atoms with Gasteiger partial charge in [-0.3, -0.25) is 19.7 Å². The molecule has 1 saturated heterocycles. The van der Waals surface area contributed by atoms with E-state index in [0.717, 1.165) is 17.7 Å². The number of piperidine rings is 1. The largest absolute Gasteiger partial charge is 0.340 e. The molecule has 1 aliphatic heterocycles. The molecule has 2 fully saturated rings. The summed E-state index contributed by atoms with van der Waals surface area (Å²) >= 11 is 1.60. The third-order valence-corrected chi connectivity index (χ3v) is 4.51. The van der Waals surface area contributed by atoms with E-state index in [0.29, 0.717) is 17.9 Å². The van der Waals surface area contributed by atoms with Crippen LogP contribution in [0.3, 0.4) is 0 Å². The third kappa shape index (κ3) is 2.53. The summed E-state index contributed by atoms with van der Waals surface area (Å²) in [6.45, 7) is 0. The summed E-state index contributed by atoms with van der Waals surface area (Å²) < 4.78 is 0. The molecule has 0 spiro atoms. The molecular weight excluding hydrogens is 264 g/mol. The van der Waals surface area contributed by atoms with Gasteiger partial charge in [0.05, 0.1) is 5.56 Å². The van der Waals surface area contributed by atoms with Crippen molar-refractivity contribution in [1.82, 2.24) is 10.6 Å². The van der Waals surface area contributed by atoms with Crippen molar-refractivity contribution in [2.75, 3.05) is 0 Å². The highest BCUT2D eigenvalue weighted by molar-refractivity contribution is 7.10. The molecule has 3 rings (SSSR count). The van der Waals surface area contributed by atoms with E-state index in [1.54, 1.807) is 17.4 Å². The van der Waals surface area contributed by atoms with Gasteiger partial charge in [-0.25, -0.2) is 0 Å². The molecule has 1 aromatic rings. The Morgan fingerprint density at radius 2 is 2.11 bits per heavy atom. The highest BCUT2D eigenvalue weighted by Gasteiger charge is 2.32. The zero-order chi connectivity index (χ0) is 13.4. The second-order valence-electron chi connectivity index (χ2n) is 4.95. The van der Waals surface area contributed by atoms with Gasteiger partial charge in [0.25, 0.3) is 5.91 Å². The fraction of sp³-hybridized carbons (Fsp3) is 0.462. The van der Waals surface area contributed by atoms with Crippen LogP contribution in [-0.2, 0) is 9.59 Å². The lowest BCUT2D eigenvalue weighted by Gasteiger charge is -2.21. The minimum absolute atomic E-state index is 0.211. The number of thiophene rings is 1. The molecule has 5 nitrogen and oxygen atoms in total. The number of hydrogen-bond acceptors (Lipinski definition) is 4. The van der Waals surface area contributed by atoms with Gasteiger partial charge in [0.15, 0.2) is 0 Å². The molecule has 2 aliphatic rings. The first-order valence-electron chi connectivity index (χ1n) is 6.37. The SMILES string of the molecule is O=C1CCC(NC(=O)c2ccsc2C2CC2)C(=O)N1. The van der Waals surface area contributed by atoms with Crippen molar-refractivity contribution in [3.63, 3.8) is 0 Å². The van der Waals surface area contributed by atoms with Gasteiger partial charge in [0, 0.05) is 11.3 Å². The molecule has 19 heavy (non-hydrogen) atoms. The molecule has 1 aliphatic carbocycles.